The fourth-order valence-electron chi connectivity index (χ4n) is 3.81. The summed E-state index contributed by atoms with van der Waals surface area (Å²) in [5, 5.41) is 13.7. The Kier molecular flexibility index (Phi) is 3.92. The first-order valence-electron chi connectivity index (χ1n) is 7.94. The van der Waals surface area contributed by atoms with Gasteiger partial charge >= 0.3 is 0 Å². The van der Waals surface area contributed by atoms with Crippen LogP contribution in [0.2, 0.25) is 0 Å². The third-order valence-electron chi connectivity index (χ3n) is 5.11. The van der Waals surface area contributed by atoms with E-state index in [0.717, 1.165) is 19.0 Å². The minimum absolute atomic E-state index is 0.0115. The Morgan fingerprint density at radius 1 is 1.06 bits per heavy atom. The molecule has 3 heteroatoms. The number of aliphatic hydroxyl groups is 1. The fraction of sp³-hybridized carbons (Fsp3) is 1.00. The van der Waals surface area contributed by atoms with Crippen molar-refractivity contribution in [1.29, 1.82) is 0 Å². The number of rotatable bonds is 4. The van der Waals surface area contributed by atoms with Crippen molar-refractivity contribution >= 4 is 0 Å². The number of aliphatic hydroxyl groups excluding tert-OH is 1. The maximum absolute atomic E-state index is 9.85. The highest BCUT2D eigenvalue weighted by Crippen LogP contribution is 2.34. The van der Waals surface area contributed by atoms with Gasteiger partial charge in [0, 0.05) is 25.2 Å². The molecule has 1 heterocycles. The van der Waals surface area contributed by atoms with Gasteiger partial charge < -0.3 is 10.4 Å². The van der Waals surface area contributed by atoms with Gasteiger partial charge in [-0.1, -0.05) is 25.7 Å². The van der Waals surface area contributed by atoms with Crippen molar-refractivity contribution < 1.29 is 5.11 Å². The Morgan fingerprint density at radius 2 is 1.78 bits per heavy atom. The average molecular weight is 252 g/mol. The van der Waals surface area contributed by atoms with Crippen molar-refractivity contribution in [3.8, 4) is 0 Å². The lowest BCUT2D eigenvalue weighted by atomic mass is 9.96. The molecule has 1 unspecified atom stereocenters. The van der Waals surface area contributed by atoms with Crippen molar-refractivity contribution in [2.24, 2.45) is 0 Å². The van der Waals surface area contributed by atoms with Gasteiger partial charge in [0.15, 0.2) is 0 Å². The summed E-state index contributed by atoms with van der Waals surface area (Å²) in [5.41, 5.74) is 0.0115. The molecule has 104 valence electrons. The van der Waals surface area contributed by atoms with E-state index in [4.69, 9.17) is 0 Å². The van der Waals surface area contributed by atoms with Gasteiger partial charge in [-0.3, -0.25) is 4.90 Å². The van der Waals surface area contributed by atoms with E-state index in [9.17, 15) is 5.11 Å². The van der Waals surface area contributed by atoms with E-state index in [2.05, 4.69) is 10.2 Å². The highest BCUT2D eigenvalue weighted by molar-refractivity contribution is 5.02. The van der Waals surface area contributed by atoms with E-state index in [0.29, 0.717) is 12.6 Å². The number of nitrogens with one attached hydrogen (secondary N) is 1. The molecule has 0 bridgehead atoms. The molecular formula is C15H28N2O. The van der Waals surface area contributed by atoms with Crippen molar-refractivity contribution in [2.45, 2.75) is 75.4 Å². The average Bonchev–Trinajstić information content (AvgIpc) is 3.18. The van der Waals surface area contributed by atoms with E-state index < -0.39 is 0 Å². The molecule has 18 heavy (non-hydrogen) atoms. The highest BCUT2D eigenvalue weighted by Gasteiger charge is 2.43. The lowest BCUT2D eigenvalue weighted by Crippen LogP contribution is -2.54. The van der Waals surface area contributed by atoms with Crippen LogP contribution >= 0.6 is 0 Å². The van der Waals surface area contributed by atoms with Crippen LogP contribution in [0.25, 0.3) is 0 Å². The molecule has 0 aromatic rings. The van der Waals surface area contributed by atoms with Crippen LogP contribution in [0, 0.1) is 0 Å². The minimum atomic E-state index is 0.0115. The number of hydrogen-bond donors (Lipinski definition) is 2. The third kappa shape index (κ3) is 2.89. The molecular weight excluding hydrogens is 224 g/mol. The van der Waals surface area contributed by atoms with Gasteiger partial charge in [-0.15, -0.1) is 0 Å². The zero-order chi connectivity index (χ0) is 12.4. The summed E-state index contributed by atoms with van der Waals surface area (Å²) in [4.78, 5) is 2.60. The Balaban J connectivity index is 1.57. The number of nitrogens with zero attached hydrogens (tertiary/aromatic N) is 1. The zero-order valence-corrected chi connectivity index (χ0v) is 11.5. The smallest absolute Gasteiger partial charge is 0.0626 e. The number of hydrogen-bond acceptors (Lipinski definition) is 3. The van der Waals surface area contributed by atoms with E-state index in [1.54, 1.807) is 0 Å². The van der Waals surface area contributed by atoms with Crippen molar-refractivity contribution in [3.63, 3.8) is 0 Å². The van der Waals surface area contributed by atoms with Gasteiger partial charge in [-0.05, 0) is 32.1 Å². The molecule has 3 rings (SSSR count). The number of likely N-dealkylation sites (tertiary alicyclic amines) is 1. The Bertz CT molecular complexity index is 272. The van der Waals surface area contributed by atoms with E-state index >= 15 is 0 Å². The molecule has 2 aliphatic carbocycles. The molecule has 0 aromatic carbocycles. The maximum Gasteiger partial charge on any atom is 0.0626 e. The summed E-state index contributed by atoms with van der Waals surface area (Å²) >= 11 is 0. The SMILES string of the molecule is OCC1(NC2CCCCCC2)CCN(C2CC2)C1. The topological polar surface area (TPSA) is 35.5 Å². The zero-order valence-electron chi connectivity index (χ0n) is 11.5. The lowest BCUT2D eigenvalue weighted by molar-refractivity contribution is 0.143. The Labute approximate surface area is 111 Å². The Hall–Kier alpha value is -0.120. The van der Waals surface area contributed by atoms with Crippen LogP contribution < -0.4 is 5.32 Å². The molecule has 0 radical (unpaired) electrons. The lowest BCUT2D eigenvalue weighted by Gasteiger charge is -2.33. The maximum atomic E-state index is 9.85. The first kappa shape index (κ1) is 12.9. The van der Waals surface area contributed by atoms with Gasteiger partial charge in [-0.2, -0.15) is 0 Å². The van der Waals surface area contributed by atoms with Crippen LogP contribution in [0.1, 0.15) is 57.8 Å². The van der Waals surface area contributed by atoms with Gasteiger partial charge in [0.25, 0.3) is 0 Å². The second-order valence-electron chi connectivity index (χ2n) is 6.72. The largest absolute Gasteiger partial charge is 0.394 e. The van der Waals surface area contributed by atoms with Crippen molar-refractivity contribution in [3.05, 3.63) is 0 Å². The van der Waals surface area contributed by atoms with Crippen LogP contribution in [0.4, 0.5) is 0 Å². The quantitative estimate of drug-likeness (QED) is 0.750. The molecule has 3 aliphatic rings. The first-order chi connectivity index (χ1) is 8.81. The van der Waals surface area contributed by atoms with E-state index in [1.165, 1.54) is 57.9 Å². The van der Waals surface area contributed by atoms with E-state index in [1.807, 2.05) is 0 Å². The fourth-order valence-corrected chi connectivity index (χ4v) is 3.81. The third-order valence-corrected chi connectivity index (χ3v) is 5.11. The van der Waals surface area contributed by atoms with Gasteiger partial charge in [0.2, 0.25) is 0 Å². The normalized spacial score (nSPS) is 35.8. The van der Waals surface area contributed by atoms with Gasteiger partial charge in [0.05, 0.1) is 12.1 Å². The predicted octanol–water partition coefficient (Wildman–Crippen LogP) is 1.90. The van der Waals surface area contributed by atoms with Crippen LogP contribution in [-0.2, 0) is 0 Å². The first-order valence-corrected chi connectivity index (χ1v) is 7.94. The minimum Gasteiger partial charge on any atom is -0.394 e. The van der Waals surface area contributed by atoms with Gasteiger partial charge in [-0.25, -0.2) is 0 Å². The Morgan fingerprint density at radius 3 is 2.39 bits per heavy atom. The molecule has 0 aromatic heterocycles. The molecule has 2 saturated carbocycles. The molecule has 3 nitrogen and oxygen atoms in total. The second-order valence-corrected chi connectivity index (χ2v) is 6.72. The summed E-state index contributed by atoms with van der Waals surface area (Å²) in [6, 6.07) is 1.49. The molecule has 2 N–H and O–H groups in total. The summed E-state index contributed by atoms with van der Waals surface area (Å²) in [6.07, 6.45) is 12.1. The summed E-state index contributed by atoms with van der Waals surface area (Å²) in [6.45, 7) is 2.57. The van der Waals surface area contributed by atoms with Crippen LogP contribution in [0.3, 0.4) is 0 Å². The molecule has 0 spiro atoms. The molecule has 1 atom stereocenters. The molecule has 0 amide bonds. The van der Waals surface area contributed by atoms with E-state index in [-0.39, 0.29) is 5.54 Å². The molecule has 1 saturated heterocycles. The summed E-state index contributed by atoms with van der Waals surface area (Å²) in [7, 11) is 0. The van der Waals surface area contributed by atoms with Crippen LogP contribution in [-0.4, -0.2) is 47.3 Å². The van der Waals surface area contributed by atoms with Crippen molar-refractivity contribution in [2.75, 3.05) is 19.7 Å². The van der Waals surface area contributed by atoms with Crippen LogP contribution in [0.5, 0.6) is 0 Å². The molecule has 3 fully saturated rings. The molecule has 1 aliphatic heterocycles. The monoisotopic (exact) mass is 252 g/mol. The summed E-state index contributed by atoms with van der Waals surface area (Å²) < 4.78 is 0. The predicted molar refractivity (Wildman–Crippen MR) is 73.7 cm³/mol. The van der Waals surface area contributed by atoms with Gasteiger partial charge in [0.1, 0.15) is 0 Å². The summed E-state index contributed by atoms with van der Waals surface area (Å²) in [5.74, 6) is 0. The van der Waals surface area contributed by atoms with Crippen LogP contribution in [0.15, 0.2) is 0 Å². The highest BCUT2D eigenvalue weighted by atomic mass is 16.3. The second kappa shape index (κ2) is 5.48. The van der Waals surface area contributed by atoms with Crippen molar-refractivity contribution in [1.82, 2.24) is 10.2 Å². The standard InChI is InChI=1S/C15H28N2O/c18-12-15(9-10-17(11-15)14-7-8-14)16-13-5-3-1-2-4-6-13/h13-14,16,18H,1-12H2.